The molecule has 1 aromatic carbocycles. The summed E-state index contributed by atoms with van der Waals surface area (Å²) in [5.41, 5.74) is -0.424. The number of nitrogens with zero attached hydrogens (tertiary/aromatic N) is 1. The lowest BCUT2D eigenvalue weighted by Gasteiger charge is -2.26. The van der Waals surface area contributed by atoms with Crippen molar-refractivity contribution < 1.29 is 23.4 Å². The van der Waals surface area contributed by atoms with Crippen molar-refractivity contribution in [1.29, 1.82) is 0 Å². The van der Waals surface area contributed by atoms with Crippen LogP contribution in [-0.4, -0.2) is 57.4 Å². The van der Waals surface area contributed by atoms with Gasteiger partial charge < -0.3 is 18.6 Å². The van der Waals surface area contributed by atoms with Crippen molar-refractivity contribution in [2.75, 3.05) is 46.6 Å². The van der Waals surface area contributed by atoms with Gasteiger partial charge in [-0.3, -0.25) is 4.90 Å². The monoisotopic (exact) mass is 333 g/mol. The van der Waals surface area contributed by atoms with Gasteiger partial charge in [0.05, 0.1) is 20.3 Å². The molecule has 2 heterocycles. The zero-order chi connectivity index (χ0) is 16.9. The van der Waals surface area contributed by atoms with Gasteiger partial charge in [-0.25, -0.2) is 9.59 Å². The Bertz CT molecular complexity index is 778. The Labute approximate surface area is 138 Å². The molecule has 1 fully saturated rings. The Balaban J connectivity index is 1.69. The molecule has 7 heteroatoms. The molecule has 1 saturated heterocycles. The quantitative estimate of drug-likeness (QED) is 0.602. The second-order valence-electron chi connectivity index (χ2n) is 5.44. The molecule has 3 rings (SSSR count). The van der Waals surface area contributed by atoms with E-state index < -0.39 is 11.6 Å². The second kappa shape index (κ2) is 7.46. The van der Waals surface area contributed by atoms with Crippen molar-refractivity contribution in [2.45, 2.75) is 0 Å². The highest BCUT2D eigenvalue weighted by molar-refractivity contribution is 5.93. The first-order valence-electron chi connectivity index (χ1n) is 7.76. The number of esters is 1. The molecule has 0 unspecified atom stereocenters. The molecule has 128 valence electrons. The fourth-order valence-corrected chi connectivity index (χ4v) is 2.54. The molecule has 2 aromatic rings. The maximum absolute atomic E-state index is 12.1. The van der Waals surface area contributed by atoms with E-state index in [2.05, 4.69) is 4.90 Å². The van der Waals surface area contributed by atoms with Gasteiger partial charge in [0, 0.05) is 25.0 Å². The predicted octanol–water partition coefficient (Wildman–Crippen LogP) is 1.29. The normalized spacial score (nSPS) is 15.4. The van der Waals surface area contributed by atoms with Crippen molar-refractivity contribution in [3.63, 3.8) is 0 Å². The molecule has 7 nitrogen and oxygen atoms in total. The molecule has 0 N–H and O–H groups in total. The van der Waals surface area contributed by atoms with Crippen molar-refractivity contribution in [3.8, 4) is 5.75 Å². The number of morpholine rings is 1. The summed E-state index contributed by atoms with van der Waals surface area (Å²) >= 11 is 0. The predicted molar refractivity (Wildman–Crippen MR) is 86.6 cm³/mol. The molecule has 0 radical (unpaired) electrons. The summed E-state index contributed by atoms with van der Waals surface area (Å²) in [7, 11) is 1.54. The van der Waals surface area contributed by atoms with Crippen LogP contribution in [0.3, 0.4) is 0 Å². The number of rotatable bonds is 5. The van der Waals surface area contributed by atoms with Gasteiger partial charge in [0.1, 0.15) is 23.5 Å². The van der Waals surface area contributed by atoms with Gasteiger partial charge in [-0.1, -0.05) is 0 Å². The van der Waals surface area contributed by atoms with Gasteiger partial charge in [-0.15, -0.1) is 0 Å². The molecular weight excluding hydrogens is 314 g/mol. The van der Waals surface area contributed by atoms with Gasteiger partial charge in [-0.2, -0.15) is 0 Å². The largest absolute Gasteiger partial charge is 0.497 e. The summed E-state index contributed by atoms with van der Waals surface area (Å²) in [6, 6.07) is 6.48. The number of ether oxygens (including phenoxy) is 3. The second-order valence-corrected chi connectivity index (χ2v) is 5.44. The van der Waals surface area contributed by atoms with Crippen LogP contribution in [0.1, 0.15) is 10.4 Å². The molecule has 0 amide bonds. The van der Waals surface area contributed by atoms with E-state index >= 15 is 0 Å². The number of carbonyl (C=O) groups is 1. The topological polar surface area (TPSA) is 78.2 Å². The fourth-order valence-electron chi connectivity index (χ4n) is 2.54. The van der Waals surface area contributed by atoms with Gasteiger partial charge >= 0.3 is 11.6 Å². The van der Waals surface area contributed by atoms with Crippen molar-refractivity contribution in [1.82, 2.24) is 4.90 Å². The van der Waals surface area contributed by atoms with E-state index in [4.69, 9.17) is 18.6 Å². The highest BCUT2D eigenvalue weighted by Gasteiger charge is 2.17. The minimum absolute atomic E-state index is 0.113. The summed E-state index contributed by atoms with van der Waals surface area (Å²) in [5, 5.41) is 0.606. The first-order valence-corrected chi connectivity index (χ1v) is 7.76. The van der Waals surface area contributed by atoms with Crippen LogP contribution in [0.15, 0.2) is 33.5 Å². The third-order valence-electron chi connectivity index (χ3n) is 3.90. The van der Waals surface area contributed by atoms with Crippen molar-refractivity contribution in [3.05, 3.63) is 40.2 Å². The van der Waals surface area contributed by atoms with Gasteiger partial charge in [0.2, 0.25) is 0 Å². The van der Waals surface area contributed by atoms with Crippen LogP contribution in [0.25, 0.3) is 11.0 Å². The van der Waals surface area contributed by atoms with Crippen LogP contribution in [0.2, 0.25) is 0 Å². The number of methoxy groups -OCH3 is 1. The summed E-state index contributed by atoms with van der Waals surface area (Å²) in [4.78, 5) is 26.3. The highest BCUT2D eigenvalue weighted by Crippen LogP contribution is 2.20. The molecule has 0 aliphatic carbocycles. The molecule has 0 spiro atoms. The first-order chi connectivity index (χ1) is 11.7. The number of hydrogen-bond donors (Lipinski definition) is 0. The summed E-state index contributed by atoms with van der Waals surface area (Å²) in [5.74, 6) is -0.0651. The van der Waals surface area contributed by atoms with E-state index in [0.29, 0.717) is 36.5 Å². The molecule has 24 heavy (non-hydrogen) atoms. The van der Waals surface area contributed by atoms with Gasteiger partial charge in [0.25, 0.3) is 0 Å². The Hall–Kier alpha value is -2.38. The van der Waals surface area contributed by atoms with Gasteiger partial charge in [0.15, 0.2) is 0 Å². The Morgan fingerprint density at radius 1 is 1.25 bits per heavy atom. The van der Waals surface area contributed by atoms with Crippen molar-refractivity contribution >= 4 is 16.9 Å². The first kappa shape index (κ1) is 16.5. The molecule has 1 aliphatic rings. The molecule has 0 saturated carbocycles. The smallest absolute Gasteiger partial charge is 0.351 e. The van der Waals surface area contributed by atoms with Crippen molar-refractivity contribution in [2.24, 2.45) is 0 Å². The van der Waals surface area contributed by atoms with E-state index in [9.17, 15) is 9.59 Å². The number of benzene rings is 1. The van der Waals surface area contributed by atoms with Crippen LogP contribution in [0.5, 0.6) is 5.75 Å². The lowest BCUT2D eigenvalue weighted by atomic mass is 10.2. The average molecular weight is 333 g/mol. The van der Waals surface area contributed by atoms with Crippen LogP contribution < -0.4 is 10.4 Å². The zero-order valence-electron chi connectivity index (χ0n) is 13.4. The van der Waals surface area contributed by atoms with Crippen LogP contribution >= 0.6 is 0 Å². The standard InChI is InChI=1S/C17H19NO6/c1-21-13-2-3-15-12(10-13)11-14(17(20)24-15)16(19)23-9-6-18-4-7-22-8-5-18/h2-3,10-11H,4-9H2,1H3. The minimum Gasteiger partial charge on any atom is -0.497 e. The zero-order valence-corrected chi connectivity index (χ0v) is 13.4. The number of fused-ring (bicyclic) bond motifs is 1. The van der Waals surface area contributed by atoms with Crippen LogP contribution in [-0.2, 0) is 9.47 Å². The van der Waals surface area contributed by atoms with E-state index in [1.807, 2.05) is 0 Å². The Kier molecular flexibility index (Phi) is 5.12. The molecule has 1 aromatic heterocycles. The molecule has 1 aliphatic heterocycles. The van der Waals surface area contributed by atoms with E-state index in [-0.39, 0.29) is 12.2 Å². The van der Waals surface area contributed by atoms with Crippen LogP contribution in [0.4, 0.5) is 0 Å². The summed E-state index contributed by atoms with van der Waals surface area (Å²) in [6.45, 7) is 3.83. The Morgan fingerprint density at radius 3 is 2.79 bits per heavy atom. The van der Waals surface area contributed by atoms with E-state index in [1.165, 1.54) is 6.07 Å². The van der Waals surface area contributed by atoms with E-state index in [1.54, 1.807) is 25.3 Å². The van der Waals surface area contributed by atoms with Gasteiger partial charge in [-0.05, 0) is 24.3 Å². The maximum atomic E-state index is 12.1. The summed E-state index contributed by atoms with van der Waals surface area (Å²) < 4.78 is 20.8. The van der Waals surface area contributed by atoms with E-state index in [0.717, 1.165) is 13.1 Å². The molecular formula is C17H19NO6. The molecule has 0 atom stereocenters. The fraction of sp³-hybridized carbons (Fsp3) is 0.412. The third kappa shape index (κ3) is 3.74. The lowest BCUT2D eigenvalue weighted by molar-refractivity contribution is 0.0194. The maximum Gasteiger partial charge on any atom is 0.351 e. The third-order valence-corrected chi connectivity index (χ3v) is 3.90. The number of hydrogen-bond acceptors (Lipinski definition) is 7. The van der Waals surface area contributed by atoms with Crippen LogP contribution in [0, 0.1) is 0 Å². The minimum atomic E-state index is -0.705. The Morgan fingerprint density at radius 2 is 2.04 bits per heavy atom. The average Bonchev–Trinajstić information content (AvgIpc) is 2.61. The number of carbonyl (C=O) groups excluding carboxylic acids is 1. The lowest BCUT2D eigenvalue weighted by Crippen LogP contribution is -2.38. The SMILES string of the molecule is COc1ccc2oc(=O)c(C(=O)OCCN3CCOCC3)cc2c1. The highest BCUT2D eigenvalue weighted by atomic mass is 16.5. The molecule has 0 bridgehead atoms. The summed E-state index contributed by atoms with van der Waals surface area (Å²) in [6.07, 6.45) is 0.